The van der Waals surface area contributed by atoms with Gasteiger partial charge in [0, 0.05) is 17.8 Å². The van der Waals surface area contributed by atoms with Crippen molar-refractivity contribution in [3.63, 3.8) is 0 Å². The summed E-state index contributed by atoms with van der Waals surface area (Å²) >= 11 is 0. The van der Waals surface area contributed by atoms with Gasteiger partial charge < -0.3 is 10.4 Å². The molecule has 0 saturated carbocycles. The predicted octanol–water partition coefficient (Wildman–Crippen LogP) is 2.19. The van der Waals surface area contributed by atoms with Crippen LogP contribution in [0.2, 0.25) is 0 Å². The molecule has 0 fully saturated rings. The van der Waals surface area contributed by atoms with E-state index in [1.54, 1.807) is 12.3 Å². The van der Waals surface area contributed by atoms with Crippen molar-refractivity contribution < 1.29 is 9.90 Å². The number of nitrogens with zero attached hydrogens (tertiary/aromatic N) is 3. The van der Waals surface area contributed by atoms with Crippen LogP contribution in [-0.2, 0) is 24.1 Å². The van der Waals surface area contributed by atoms with E-state index in [1.165, 1.54) is 4.68 Å². The van der Waals surface area contributed by atoms with E-state index < -0.39 is 0 Å². The molecule has 1 aliphatic carbocycles. The number of fused-ring (bicyclic) bond motifs is 1. The number of benzene rings is 1. The molecule has 0 aliphatic heterocycles. The molecule has 1 aromatic carbocycles. The highest BCUT2D eigenvalue weighted by atomic mass is 16.3. The van der Waals surface area contributed by atoms with Crippen molar-refractivity contribution >= 4 is 5.91 Å². The molecule has 0 spiro atoms. The summed E-state index contributed by atoms with van der Waals surface area (Å²) in [5.74, 6) is 0.700. The topological polar surface area (TPSA) is 80.0 Å². The number of pyridine rings is 1. The van der Waals surface area contributed by atoms with Gasteiger partial charge in [-0.1, -0.05) is 36.4 Å². The molecule has 1 amide bonds. The van der Waals surface area contributed by atoms with Crippen molar-refractivity contribution in [3.05, 3.63) is 71.5 Å². The van der Waals surface area contributed by atoms with Crippen LogP contribution in [0.1, 0.15) is 23.2 Å². The zero-order valence-corrected chi connectivity index (χ0v) is 14.3. The number of hydrogen-bond donors (Lipinski definition) is 2. The van der Waals surface area contributed by atoms with Gasteiger partial charge in [0.2, 0.25) is 11.8 Å². The average Bonchev–Trinajstić information content (AvgIpc) is 3.00. The molecule has 2 heterocycles. The molecule has 26 heavy (non-hydrogen) atoms. The smallest absolute Gasteiger partial charge is 0.224 e. The van der Waals surface area contributed by atoms with Crippen LogP contribution in [0, 0.1) is 0 Å². The molecular weight excluding hydrogens is 328 g/mol. The number of aryl methyl sites for hydroxylation is 1. The van der Waals surface area contributed by atoms with Gasteiger partial charge in [-0.3, -0.25) is 4.79 Å². The average molecular weight is 348 g/mol. The first-order chi connectivity index (χ1) is 12.7. The van der Waals surface area contributed by atoms with Crippen molar-refractivity contribution in [2.24, 2.45) is 0 Å². The number of hydrogen-bond acceptors (Lipinski definition) is 4. The highest BCUT2D eigenvalue weighted by Crippen LogP contribution is 2.30. The number of carbonyl (C=O) groups excluding carboxylic acids is 1. The van der Waals surface area contributed by atoms with Crippen LogP contribution in [0.4, 0.5) is 0 Å². The third-order valence-corrected chi connectivity index (χ3v) is 4.66. The van der Waals surface area contributed by atoms with Crippen LogP contribution >= 0.6 is 0 Å². The molecule has 6 nitrogen and oxygen atoms in total. The summed E-state index contributed by atoms with van der Waals surface area (Å²) in [5, 5.41) is 18.1. The maximum Gasteiger partial charge on any atom is 0.224 e. The quantitative estimate of drug-likeness (QED) is 0.757. The minimum absolute atomic E-state index is 0.00116. The van der Waals surface area contributed by atoms with Gasteiger partial charge in [-0.2, -0.15) is 9.78 Å². The van der Waals surface area contributed by atoms with Gasteiger partial charge in [-0.05, 0) is 37.0 Å². The molecule has 0 saturated heterocycles. The van der Waals surface area contributed by atoms with E-state index in [1.807, 2.05) is 42.5 Å². The first-order valence-corrected chi connectivity index (χ1v) is 8.75. The van der Waals surface area contributed by atoms with Gasteiger partial charge in [-0.15, -0.1) is 0 Å². The highest BCUT2D eigenvalue weighted by molar-refractivity contribution is 5.78. The summed E-state index contributed by atoms with van der Waals surface area (Å²) in [7, 11) is 0. The zero-order chi connectivity index (χ0) is 17.9. The lowest BCUT2D eigenvalue weighted by atomic mass is 9.93. The molecule has 2 aromatic heterocycles. The Morgan fingerprint density at radius 2 is 2.00 bits per heavy atom. The molecule has 2 N–H and O–H groups in total. The second-order valence-electron chi connectivity index (χ2n) is 6.52. The standard InChI is InChI=1S/C20H20N4O2/c25-19(12-14-6-2-1-3-7-14)22-15-9-10-17-16(13-15)20(26)24(23-17)18-8-4-5-11-21-18/h1-8,11,15,26H,9-10,12-13H2,(H,22,25). The van der Waals surface area contributed by atoms with Crippen molar-refractivity contribution in [3.8, 4) is 11.7 Å². The lowest BCUT2D eigenvalue weighted by molar-refractivity contribution is -0.121. The number of nitrogens with one attached hydrogen (secondary N) is 1. The minimum Gasteiger partial charge on any atom is -0.493 e. The fourth-order valence-corrected chi connectivity index (χ4v) is 3.38. The summed E-state index contributed by atoms with van der Waals surface area (Å²) in [6, 6.07) is 15.2. The van der Waals surface area contributed by atoms with Crippen molar-refractivity contribution in [2.75, 3.05) is 0 Å². The van der Waals surface area contributed by atoms with E-state index in [2.05, 4.69) is 15.4 Å². The van der Waals surface area contributed by atoms with E-state index in [0.29, 0.717) is 18.7 Å². The molecule has 1 atom stereocenters. The van der Waals surface area contributed by atoms with Gasteiger partial charge in [-0.25, -0.2) is 4.98 Å². The Morgan fingerprint density at radius 3 is 2.77 bits per heavy atom. The van der Waals surface area contributed by atoms with E-state index in [4.69, 9.17) is 0 Å². The Bertz CT molecular complexity index is 906. The van der Waals surface area contributed by atoms with Gasteiger partial charge in [0.05, 0.1) is 12.1 Å². The first kappa shape index (κ1) is 16.3. The molecule has 0 bridgehead atoms. The first-order valence-electron chi connectivity index (χ1n) is 8.75. The Labute approximate surface area is 151 Å². The van der Waals surface area contributed by atoms with E-state index in [0.717, 1.165) is 29.7 Å². The van der Waals surface area contributed by atoms with Crippen molar-refractivity contribution in [2.45, 2.75) is 31.7 Å². The SMILES string of the molecule is O=C(Cc1ccccc1)NC1CCc2nn(-c3ccccn3)c(O)c2C1. The van der Waals surface area contributed by atoms with E-state index in [-0.39, 0.29) is 17.8 Å². The van der Waals surface area contributed by atoms with E-state index in [9.17, 15) is 9.90 Å². The Balaban J connectivity index is 1.46. The molecule has 1 unspecified atom stereocenters. The fraction of sp³-hybridized carbons (Fsp3) is 0.250. The normalized spacial score (nSPS) is 16.1. The lowest BCUT2D eigenvalue weighted by Crippen LogP contribution is -2.39. The number of aromatic hydroxyl groups is 1. The zero-order valence-electron chi connectivity index (χ0n) is 14.3. The van der Waals surface area contributed by atoms with Gasteiger partial charge >= 0.3 is 0 Å². The van der Waals surface area contributed by atoms with Crippen molar-refractivity contribution in [1.29, 1.82) is 0 Å². The molecular formula is C20H20N4O2. The third kappa shape index (κ3) is 3.31. The fourth-order valence-electron chi connectivity index (χ4n) is 3.38. The lowest BCUT2D eigenvalue weighted by Gasteiger charge is -2.22. The third-order valence-electron chi connectivity index (χ3n) is 4.66. The van der Waals surface area contributed by atoms with Crippen molar-refractivity contribution in [1.82, 2.24) is 20.1 Å². The highest BCUT2D eigenvalue weighted by Gasteiger charge is 2.27. The number of amides is 1. The molecule has 6 heteroatoms. The summed E-state index contributed by atoms with van der Waals surface area (Å²) in [6.45, 7) is 0. The summed E-state index contributed by atoms with van der Waals surface area (Å²) in [5.41, 5.74) is 2.67. The summed E-state index contributed by atoms with van der Waals surface area (Å²) in [4.78, 5) is 16.5. The van der Waals surface area contributed by atoms with Crippen LogP contribution in [0.25, 0.3) is 5.82 Å². The predicted molar refractivity (Wildman–Crippen MR) is 97.1 cm³/mol. The second-order valence-corrected chi connectivity index (χ2v) is 6.52. The van der Waals surface area contributed by atoms with Crippen LogP contribution in [0.3, 0.4) is 0 Å². The van der Waals surface area contributed by atoms with Gasteiger partial charge in [0.1, 0.15) is 0 Å². The molecule has 0 radical (unpaired) electrons. The Kier molecular flexibility index (Phi) is 4.39. The number of aromatic nitrogens is 3. The van der Waals surface area contributed by atoms with E-state index >= 15 is 0 Å². The largest absolute Gasteiger partial charge is 0.493 e. The second kappa shape index (κ2) is 7.00. The monoisotopic (exact) mass is 348 g/mol. The van der Waals surface area contributed by atoms with Crippen LogP contribution < -0.4 is 5.32 Å². The maximum absolute atomic E-state index is 12.3. The number of rotatable bonds is 4. The molecule has 1 aliphatic rings. The molecule has 4 rings (SSSR count). The van der Waals surface area contributed by atoms with Gasteiger partial charge in [0.25, 0.3) is 0 Å². The summed E-state index contributed by atoms with van der Waals surface area (Å²) in [6.07, 6.45) is 4.14. The minimum atomic E-state index is 0.00116. The van der Waals surface area contributed by atoms with Crippen LogP contribution in [-0.4, -0.2) is 31.8 Å². The van der Waals surface area contributed by atoms with Crippen LogP contribution in [0.5, 0.6) is 5.88 Å². The Hall–Kier alpha value is -3.15. The molecule has 3 aromatic rings. The maximum atomic E-state index is 12.3. The molecule has 132 valence electrons. The Morgan fingerprint density at radius 1 is 1.19 bits per heavy atom. The van der Waals surface area contributed by atoms with Crippen LogP contribution in [0.15, 0.2) is 54.7 Å². The van der Waals surface area contributed by atoms with Gasteiger partial charge in [0.15, 0.2) is 5.82 Å². The number of carbonyl (C=O) groups is 1. The summed E-state index contributed by atoms with van der Waals surface area (Å²) < 4.78 is 1.47.